The van der Waals surface area contributed by atoms with Gasteiger partial charge in [0, 0.05) is 12.8 Å². The van der Waals surface area contributed by atoms with Crippen LogP contribution in [-0.2, 0) is 9.53 Å². The standard InChI is InChI=1S/C22H38O3/c1-14-7-8-18-21(5,16(14)13-25-15(2)23)11-9-17-20(3,4)19(24)10-12-22(17,18)6/h14,16-19,24H,7-13H2,1-6H3/t14?,16-,17+,18+,19+,21+,22+/m1/s1. The van der Waals surface area contributed by atoms with Crippen LogP contribution in [0.4, 0.5) is 0 Å². The van der Waals surface area contributed by atoms with E-state index < -0.39 is 0 Å². The van der Waals surface area contributed by atoms with Crippen molar-refractivity contribution in [2.75, 3.05) is 6.61 Å². The van der Waals surface area contributed by atoms with Gasteiger partial charge >= 0.3 is 5.97 Å². The topological polar surface area (TPSA) is 46.5 Å². The Morgan fingerprint density at radius 3 is 2.28 bits per heavy atom. The SMILES string of the molecule is CC(=O)OC[C@@H]1C(C)CC[C@H]2[C@@]1(C)CC[C@H]1C(C)(C)[C@@H](O)CC[C@]21C. The van der Waals surface area contributed by atoms with Crippen molar-refractivity contribution in [3.8, 4) is 0 Å². The third kappa shape index (κ3) is 2.85. The van der Waals surface area contributed by atoms with Gasteiger partial charge < -0.3 is 9.84 Å². The van der Waals surface area contributed by atoms with Crippen molar-refractivity contribution in [1.29, 1.82) is 0 Å². The molecule has 3 saturated carbocycles. The van der Waals surface area contributed by atoms with E-state index in [1.165, 1.54) is 32.6 Å². The van der Waals surface area contributed by atoms with Gasteiger partial charge in [0.1, 0.15) is 0 Å². The van der Waals surface area contributed by atoms with Gasteiger partial charge in [-0.1, -0.05) is 34.6 Å². The number of esters is 1. The fourth-order valence-electron chi connectivity index (χ4n) is 7.52. The van der Waals surface area contributed by atoms with Crippen molar-refractivity contribution in [3.05, 3.63) is 0 Å². The summed E-state index contributed by atoms with van der Waals surface area (Å²) in [6.45, 7) is 14.0. The van der Waals surface area contributed by atoms with Gasteiger partial charge in [0.15, 0.2) is 0 Å². The molecule has 3 nitrogen and oxygen atoms in total. The summed E-state index contributed by atoms with van der Waals surface area (Å²) in [5, 5.41) is 10.6. The summed E-state index contributed by atoms with van der Waals surface area (Å²) in [5.74, 6) is 2.18. The smallest absolute Gasteiger partial charge is 0.302 e. The van der Waals surface area contributed by atoms with E-state index in [0.717, 1.165) is 12.8 Å². The van der Waals surface area contributed by atoms with Crippen LogP contribution in [0.3, 0.4) is 0 Å². The number of fused-ring (bicyclic) bond motifs is 3. The van der Waals surface area contributed by atoms with Crippen LogP contribution in [0.15, 0.2) is 0 Å². The number of ether oxygens (including phenoxy) is 1. The Balaban J connectivity index is 1.93. The molecule has 0 aromatic carbocycles. The van der Waals surface area contributed by atoms with Crippen LogP contribution in [-0.4, -0.2) is 23.8 Å². The fourth-order valence-corrected chi connectivity index (χ4v) is 7.52. The normalized spacial score (nSPS) is 49.0. The maximum absolute atomic E-state index is 11.4. The Morgan fingerprint density at radius 1 is 1.00 bits per heavy atom. The van der Waals surface area contributed by atoms with E-state index >= 15 is 0 Å². The lowest BCUT2D eigenvalue weighted by atomic mass is 9.38. The Hall–Kier alpha value is -0.570. The fraction of sp³-hybridized carbons (Fsp3) is 0.955. The molecule has 3 aliphatic rings. The van der Waals surface area contributed by atoms with Gasteiger partial charge in [0.2, 0.25) is 0 Å². The molecular formula is C22H38O3. The molecule has 0 heterocycles. The van der Waals surface area contributed by atoms with Gasteiger partial charge in [0.05, 0.1) is 12.7 Å². The zero-order valence-electron chi connectivity index (χ0n) is 17.1. The third-order valence-corrected chi connectivity index (χ3v) is 8.98. The molecule has 7 atom stereocenters. The third-order valence-electron chi connectivity index (χ3n) is 8.98. The lowest BCUT2D eigenvalue weighted by Gasteiger charge is -2.67. The van der Waals surface area contributed by atoms with E-state index in [1.54, 1.807) is 0 Å². The second-order valence-electron chi connectivity index (χ2n) is 10.5. The number of rotatable bonds is 2. The highest BCUT2D eigenvalue weighted by atomic mass is 16.5. The van der Waals surface area contributed by atoms with Crippen molar-refractivity contribution < 1.29 is 14.6 Å². The van der Waals surface area contributed by atoms with Gasteiger partial charge in [-0.05, 0) is 72.5 Å². The van der Waals surface area contributed by atoms with Gasteiger partial charge in [-0.2, -0.15) is 0 Å². The quantitative estimate of drug-likeness (QED) is 0.727. The summed E-state index contributed by atoms with van der Waals surface area (Å²) in [6, 6.07) is 0. The Bertz CT molecular complexity index is 527. The van der Waals surface area contributed by atoms with Crippen LogP contribution < -0.4 is 0 Å². The van der Waals surface area contributed by atoms with Crippen LogP contribution in [0.1, 0.15) is 80.1 Å². The summed E-state index contributed by atoms with van der Waals surface area (Å²) < 4.78 is 5.51. The molecule has 0 aromatic rings. The molecule has 0 aromatic heterocycles. The maximum Gasteiger partial charge on any atom is 0.302 e. The van der Waals surface area contributed by atoms with Crippen LogP contribution in [0.25, 0.3) is 0 Å². The van der Waals surface area contributed by atoms with Crippen LogP contribution in [0.5, 0.6) is 0 Å². The second-order valence-corrected chi connectivity index (χ2v) is 10.5. The molecular weight excluding hydrogens is 312 g/mol. The summed E-state index contributed by atoms with van der Waals surface area (Å²) in [4.78, 5) is 11.4. The Morgan fingerprint density at radius 2 is 1.64 bits per heavy atom. The average Bonchev–Trinajstić information content (AvgIpc) is 2.50. The summed E-state index contributed by atoms with van der Waals surface area (Å²) >= 11 is 0. The van der Waals surface area contributed by atoms with Crippen molar-refractivity contribution in [2.24, 2.45) is 39.9 Å². The highest BCUT2D eigenvalue weighted by Crippen LogP contribution is 2.69. The molecule has 0 amide bonds. The van der Waals surface area contributed by atoms with Crippen molar-refractivity contribution in [1.82, 2.24) is 0 Å². The van der Waals surface area contributed by atoms with Crippen LogP contribution in [0.2, 0.25) is 0 Å². The van der Waals surface area contributed by atoms with Gasteiger partial charge in [-0.15, -0.1) is 0 Å². The Kier molecular flexibility index (Phi) is 4.80. The minimum absolute atomic E-state index is 0.00275. The zero-order chi connectivity index (χ0) is 18.6. The summed E-state index contributed by atoms with van der Waals surface area (Å²) in [7, 11) is 0. The molecule has 0 saturated heterocycles. The van der Waals surface area contributed by atoms with Crippen LogP contribution >= 0.6 is 0 Å². The molecule has 3 heteroatoms. The van der Waals surface area contributed by atoms with Crippen LogP contribution in [0, 0.1) is 39.9 Å². The minimum atomic E-state index is -0.172. The number of hydrogen-bond donors (Lipinski definition) is 1. The van der Waals surface area contributed by atoms with E-state index in [4.69, 9.17) is 4.74 Å². The van der Waals surface area contributed by atoms with Crippen molar-refractivity contribution >= 4 is 5.97 Å². The Labute approximate surface area is 153 Å². The molecule has 3 aliphatic carbocycles. The number of carbonyl (C=O) groups excluding carboxylic acids is 1. The molecule has 0 aliphatic heterocycles. The van der Waals surface area contributed by atoms with E-state index in [1.807, 2.05) is 0 Å². The molecule has 3 fully saturated rings. The molecule has 1 N–H and O–H groups in total. The average molecular weight is 351 g/mol. The summed E-state index contributed by atoms with van der Waals surface area (Å²) in [6.07, 6.45) is 6.80. The molecule has 144 valence electrons. The number of carbonyl (C=O) groups is 1. The van der Waals surface area contributed by atoms with E-state index in [9.17, 15) is 9.90 Å². The largest absolute Gasteiger partial charge is 0.466 e. The number of hydrogen-bond acceptors (Lipinski definition) is 3. The van der Waals surface area contributed by atoms with E-state index in [2.05, 4.69) is 34.6 Å². The molecule has 25 heavy (non-hydrogen) atoms. The predicted molar refractivity (Wildman–Crippen MR) is 100.0 cm³/mol. The maximum atomic E-state index is 11.4. The first-order valence-corrected chi connectivity index (χ1v) is 10.3. The number of aliphatic hydroxyl groups is 1. The van der Waals surface area contributed by atoms with E-state index in [0.29, 0.717) is 35.7 Å². The van der Waals surface area contributed by atoms with Crippen molar-refractivity contribution in [3.63, 3.8) is 0 Å². The molecule has 0 spiro atoms. The first-order valence-electron chi connectivity index (χ1n) is 10.3. The molecule has 3 rings (SSSR count). The summed E-state index contributed by atoms with van der Waals surface area (Å²) in [5.41, 5.74) is 0.545. The first kappa shape index (κ1) is 19.2. The molecule has 0 bridgehead atoms. The molecule has 0 radical (unpaired) electrons. The van der Waals surface area contributed by atoms with Gasteiger partial charge in [-0.3, -0.25) is 4.79 Å². The van der Waals surface area contributed by atoms with E-state index in [-0.39, 0.29) is 22.9 Å². The zero-order valence-corrected chi connectivity index (χ0v) is 17.1. The lowest BCUT2D eigenvalue weighted by Crippen LogP contribution is -2.62. The number of aliphatic hydroxyl groups excluding tert-OH is 1. The highest BCUT2D eigenvalue weighted by Gasteiger charge is 2.63. The highest BCUT2D eigenvalue weighted by molar-refractivity contribution is 5.65. The van der Waals surface area contributed by atoms with Crippen molar-refractivity contribution in [2.45, 2.75) is 86.2 Å². The molecule has 1 unspecified atom stereocenters. The predicted octanol–water partition coefficient (Wildman–Crippen LogP) is 4.82. The minimum Gasteiger partial charge on any atom is -0.466 e. The lowest BCUT2D eigenvalue weighted by molar-refractivity contribution is -0.205. The van der Waals surface area contributed by atoms with Gasteiger partial charge in [0.25, 0.3) is 0 Å². The first-order chi connectivity index (χ1) is 11.5. The monoisotopic (exact) mass is 350 g/mol. The second kappa shape index (κ2) is 6.25. The van der Waals surface area contributed by atoms with Gasteiger partial charge in [-0.25, -0.2) is 0 Å².